The van der Waals surface area contributed by atoms with Crippen molar-refractivity contribution in [2.24, 2.45) is 0 Å². The fourth-order valence-electron chi connectivity index (χ4n) is 4.71. The van der Waals surface area contributed by atoms with Crippen LogP contribution in [0.25, 0.3) is 10.9 Å². The summed E-state index contributed by atoms with van der Waals surface area (Å²) in [4.78, 5) is 17.7. The van der Waals surface area contributed by atoms with Crippen LogP contribution in [0.1, 0.15) is 27.5 Å². The lowest BCUT2D eigenvalue weighted by Crippen LogP contribution is -2.27. The zero-order valence-electron chi connectivity index (χ0n) is 20.8. The van der Waals surface area contributed by atoms with E-state index in [1.165, 1.54) is 0 Å². The molecule has 0 bridgehead atoms. The highest BCUT2D eigenvalue weighted by molar-refractivity contribution is 14.1. The van der Waals surface area contributed by atoms with Gasteiger partial charge in [-0.15, -0.1) is 0 Å². The van der Waals surface area contributed by atoms with Crippen LogP contribution < -0.4 is 22.1 Å². The minimum absolute atomic E-state index is 0.126. The van der Waals surface area contributed by atoms with Gasteiger partial charge >= 0.3 is 0 Å². The number of ether oxygens (including phenoxy) is 4. The summed E-state index contributed by atoms with van der Waals surface area (Å²) in [7, 11) is 3.11. The summed E-state index contributed by atoms with van der Waals surface area (Å²) in [6.07, 6.45) is 2.54. The van der Waals surface area contributed by atoms with Crippen LogP contribution in [0.3, 0.4) is 0 Å². The Hall–Kier alpha value is -3.15. The van der Waals surface area contributed by atoms with Crippen LogP contribution in [0.4, 0.5) is 5.69 Å². The number of nitrogens with one attached hydrogen (secondary N) is 1. The van der Waals surface area contributed by atoms with Crippen molar-refractivity contribution < 1.29 is 28.8 Å². The third-order valence-corrected chi connectivity index (χ3v) is 7.82. The Kier molecular flexibility index (Phi) is 7.87. The fraction of sp³-hybridized carbons (Fsp3) is 0.250. The number of anilines is 1. The number of rotatable bonds is 10. The van der Waals surface area contributed by atoms with Gasteiger partial charge in [-0.05, 0) is 24.3 Å². The van der Waals surface area contributed by atoms with Gasteiger partial charge in [-0.3, -0.25) is 7.91 Å². The highest BCUT2D eigenvalue weighted by Gasteiger charge is 2.33. The molecule has 1 atom stereocenters. The first-order valence-corrected chi connectivity index (χ1v) is 13.3. The summed E-state index contributed by atoms with van der Waals surface area (Å²) in [6.45, 7) is 0.628. The van der Waals surface area contributed by atoms with E-state index in [0.717, 1.165) is 28.6 Å². The highest BCUT2D eigenvalue weighted by atomic mass is 127. The number of nitrogens with zero attached hydrogens (tertiary/aromatic N) is 1. The van der Waals surface area contributed by atoms with Crippen LogP contribution in [0.15, 0.2) is 54.7 Å². The van der Waals surface area contributed by atoms with Gasteiger partial charge in [-0.25, -0.2) is 0 Å². The van der Waals surface area contributed by atoms with Gasteiger partial charge in [0.1, 0.15) is 35.6 Å². The molecule has 0 aliphatic carbocycles. The Bertz CT molecular complexity index is 1490. The number of hydrogen-bond acceptors (Lipinski definition) is 7. The van der Waals surface area contributed by atoms with Crippen molar-refractivity contribution in [2.75, 3.05) is 37.2 Å². The molecule has 1 unspecified atom stereocenters. The molecule has 0 fully saturated rings. The fourth-order valence-corrected chi connectivity index (χ4v) is 5.70. The van der Waals surface area contributed by atoms with Crippen LogP contribution in [0.2, 0.25) is 5.02 Å². The van der Waals surface area contributed by atoms with E-state index in [2.05, 4.69) is 27.8 Å². The molecular formula is C28H26ClIN2O6. The van der Waals surface area contributed by atoms with E-state index in [1.54, 1.807) is 50.7 Å². The Balaban J connectivity index is 1.64. The summed E-state index contributed by atoms with van der Waals surface area (Å²) < 4.78 is 24.4. The maximum Gasteiger partial charge on any atom is 0.192 e. The van der Waals surface area contributed by atoms with E-state index in [4.69, 9.17) is 30.5 Å². The average molecular weight is 649 g/mol. The smallest absolute Gasteiger partial charge is 0.192 e. The molecule has 0 spiro atoms. The van der Waals surface area contributed by atoms with Crippen molar-refractivity contribution in [1.82, 2.24) is 4.98 Å². The van der Waals surface area contributed by atoms with E-state index in [-0.39, 0.29) is 19.0 Å². The van der Waals surface area contributed by atoms with Gasteiger partial charge in [0, 0.05) is 57.9 Å². The largest absolute Gasteiger partial charge is 0.497 e. The number of aliphatic hydroxyl groups excluding tert-OH is 1. The van der Waals surface area contributed by atoms with Crippen molar-refractivity contribution in [3.8, 4) is 23.0 Å². The molecule has 0 saturated carbocycles. The molecule has 1 aliphatic heterocycles. The predicted molar refractivity (Wildman–Crippen MR) is 155 cm³/mol. The van der Waals surface area contributed by atoms with Crippen LogP contribution in [0, 0.1) is 0 Å². The molecule has 5 rings (SSSR count). The second kappa shape index (κ2) is 11.3. The maximum absolute atomic E-state index is 14.4. The Morgan fingerprint density at radius 2 is 1.97 bits per heavy atom. The van der Waals surface area contributed by atoms with Crippen molar-refractivity contribution in [2.45, 2.75) is 12.5 Å². The minimum Gasteiger partial charge on any atom is -0.497 e. The first kappa shape index (κ1) is 26.5. The van der Waals surface area contributed by atoms with E-state index in [1.807, 2.05) is 21.3 Å². The first-order valence-electron chi connectivity index (χ1n) is 12.0. The summed E-state index contributed by atoms with van der Waals surface area (Å²) in [5, 5.41) is 10.6. The maximum atomic E-state index is 14.4. The van der Waals surface area contributed by atoms with Gasteiger partial charge in [-0.2, -0.15) is 0 Å². The van der Waals surface area contributed by atoms with Gasteiger partial charge in [-0.1, -0.05) is 17.7 Å². The second-order valence-corrected chi connectivity index (χ2v) is 10.1. The normalized spacial score (nSPS) is 13.1. The van der Waals surface area contributed by atoms with Crippen LogP contribution in [-0.2, 0) is 6.42 Å². The molecule has 3 aromatic carbocycles. The van der Waals surface area contributed by atoms with Gasteiger partial charge in [0.2, 0.25) is 0 Å². The number of aromatic amines is 1. The number of ketones is 1. The molecular weight excluding hydrogens is 623 g/mol. The highest BCUT2D eigenvalue weighted by Crippen LogP contribution is 2.42. The van der Waals surface area contributed by atoms with Gasteiger partial charge in [0.05, 0.1) is 61.5 Å². The van der Waals surface area contributed by atoms with Crippen molar-refractivity contribution in [3.63, 3.8) is 0 Å². The Labute approximate surface area is 238 Å². The molecule has 2 N–H and O–H groups in total. The molecule has 0 saturated heterocycles. The molecule has 8 nitrogen and oxygen atoms in total. The first-order chi connectivity index (χ1) is 18.4. The molecule has 1 aromatic heterocycles. The summed E-state index contributed by atoms with van der Waals surface area (Å²) in [5.74, 6) is 2.26. The molecule has 2 heterocycles. The predicted octanol–water partition coefficient (Wildman–Crippen LogP) is 5.93. The van der Waals surface area contributed by atoms with Gasteiger partial charge < -0.3 is 29.0 Å². The number of carbonyl (C=O) groups is 1. The number of H-pyrrole nitrogens is 1. The Morgan fingerprint density at radius 3 is 2.74 bits per heavy atom. The topological polar surface area (TPSA) is 93.2 Å². The van der Waals surface area contributed by atoms with Crippen molar-refractivity contribution >= 4 is 56.8 Å². The minimum atomic E-state index is -0.788. The zero-order valence-corrected chi connectivity index (χ0v) is 23.7. The van der Waals surface area contributed by atoms with Crippen LogP contribution in [0.5, 0.6) is 23.0 Å². The molecule has 0 amide bonds. The molecule has 10 heteroatoms. The van der Waals surface area contributed by atoms with Gasteiger partial charge in [0.15, 0.2) is 5.78 Å². The quantitative estimate of drug-likeness (QED) is 0.125. The van der Waals surface area contributed by atoms with E-state index < -0.39 is 6.04 Å². The lowest BCUT2D eigenvalue weighted by atomic mass is 9.95. The standard InChI is InChI=1S/C28H26ClIN2O6/c1-35-18-12-17(13-19(14-18)37-10-8-33)32(30)27(22-4-3-16(29)11-25(22)36-2)28(34)23-15-31-26-20(23)5-6-24-21(26)7-9-38-24/h3-6,11-15,27,31,33H,7-10H2,1-2H3. The molecule has 38 heavy (non-hydrogen) atoms. The number of aromatic nitrogens is 1. The zero-order chi connectivity index (χ0) is 26.8. The molecule has 4 aromatic rings. The second-order valence-electron chi connectivity index (χ2n) is 8.67. The van der Waals surface area contributed by atoms with Crippen molar-refractivity contribution in [1.29, 1.82) is 0 Å². The number of aliphatic hydroxyl groups is 1. The third kappa shape index (κ3) is 4.97. The molecule has 198 valence electrons. The number of Topliss-reactive ketones (excluding diaryl/α,β-unsaturated/α-hetero) is 1. The average Bonchev–Trinajstić information content (AvgIpc) is 3.59. The lowest BCUT2D eigenvalue weighted by Gasteiger charge is -2.29. The summed E-state index contributed by atoms with van der Waals surface area (Å²) >= 11 is 8.39. The number of hydrogen-bond donors (Lipinski definition) is 2. The van der Waals surface area contributed by atoms with Crippen LogP contribution >= 0.6 is 34.5 Å². The number of carbonyl (C=O) groups excluding carboxylic acids is 1. The van der Waals surface area contributed by atoms with E-state index >= 15 is 0 Å². The molecule has 0 radical (unpaired) electrons. The number of fused-ring (bicyclic) bond motifs is 3. The number of halogens is 2. The third-order valence-electron chi connectivity index (χ3n) is 6.47. The van der Waals surface area contributed by atoms with E-state index in [9.17, 15) is 9.90 Å². The monoisotopic (exact) mass is 648 g/mol. The Morgan fingerprint density at radius 1 is 1.16 bits per heavy atom. The number of benzene rings is 3. The SMILES string of the molecule is COc1cc(OCCO)cc(N(I)C(C(=O)c2c[nH]c3c4c(ccc23)OCC4)c2ccc(Cl)cc2OC)c1. The summed E-state index contributed by atoms with van der Waals surface area (Å²) in [5.41, 5.74) is 3.86. The van der Waals surface area contributed by atoms with Gasteiger partial charge in [0.25, 0.3) is 0 Å². The van der Waals surface area contributed by atoms with Crippen LogP contribution in [-0.4, -0.2) is 49.9 Å². The summed E-state index contributed by atoms with van der Waals surface area (Å²) in [6, 6.07) is 13.6. The molecule has 1 aliphatic rings. The van der Waals surface area contributed by atoms with E-state index in [0.29, 0.717) is 45.7 Å². The van der Waals surface area contributed by atoms with Crippen molar-refractivity contribution in [3.05, 3.63) is 76.4 Å². The lowest BCUT2D eigenvalue weighted by molar-refractivity contribution is 0.0966. The number of methoxy groups -OCH3 is 2.